The van der Waals surface area contributed by atoms with Gasteiger partial charge in [-0.3, -0.25) is 0 Å². The lowest BCUT2D eigenvalue weighted by Gasteiger charge is -2.38. The van der Waals surface area contributed by atoms with Crippen molar-refractivity contribution in [1.29, 1.82) is 0 Å². The SMILES string of the molecule is C=C(C1CCCC1(N)C(C)O)[C@@H](CCC)CC1CCCC1. The standard InChI is InChI=1S/C19H35NO/c1-4-8-17(13-16-9-5-6-10-16)14(2)18-11-7-12-19(18,20)15(3)21/h15-18,21H,2,4-13,20H2,1,3H3/t15?,17-,18?,19?/m0/s1. The van der Waals surface area contributed by atoms with Gasteiger partial charge in [0.05, 0.1) is 6.10 Å². The Labute approximate surface area is 131 Å². The topological polar surface area (TPSA) is 46.2 Å². The molecule has 0 spiro atoms. The maximum atomic E-state index is 10.2. The Morgan fingerprint density at radius 1 is 1.29 bits per heavy atom. The highest BCUT2D eigenvalue weighted by Gasteiger charge is 2.45. The second-order valence-electron chi connectivity index (χ2n) is 7.68. The normalized spacial score (nSPS) is 33.2. The fraction of sp³-hybridized carbons (Fsp3) is 0.895. The molecular formula is C19H35NO. The fourth-order valence-electron chi connectivity index (χ4n) is 4.82. The molecule has 0 aliphatic heterocycles. The van der Waals surface area contributed by atoms with Gasteiger partial charge in [-0.2, -0.15) is 0 Å². The van der Waals surface area contributed by atoms with Crippen LogP contribution in [0.25, 0.3) is 0 Å². The molecule has 21 heavy (non-hydrogen) atoms. The third-order valence-electron chi connectivity index (χ3n) is 6.23. The highest BCUT2D eigenvalue weighted by atomic mass is 16.3. The van der Waals surface area contributed by atoms with Gasteiger partial charge in [0.2, 0.25) is 0 Å². The molecule has 122 valence electrons. The zero-order chi connectivity index (χ0) is 15.5. The van der Waals surface area contributed by atoms with Crippen molar-refractivity contribution < 1.29 is 5.11 Å². The molecule has 0 amide bonds. The Kier molecular flexibility index (Phi) is 5.90. The first-order valence-electron chi connectivity index (χ1n) is 9.14. The lowest BCUT2D eigenvalue weighted by molar-refractivity contribution is 0.0805. The highest BCUT2D eigenvalue weighted by Crippen LogP contribution is 2.45. The summed E-state index contributed by atoms with van der Waals surface area (Å²) in [6.07, 6.45) is 12.1. The average molecular weight is 293 g/mol. The van der Waals surface area contributed by atoms with Crippen LogP contribution in [0.5, 0.6) is 0 Å². The minimum atomic E-state index is -0.435. The molecule has 2 aliphatic carbocycles. The molecule has 2 aliphatic rings. The Morgan fingerprint density at radius 3 is 2.52 bits per heavy atom. The molecule has 2 saturated carbocycles. The van der Waals surface area contributed by atoms with E-state index in [9.17, 15) is 5.11 Å². The first-order valence-corrected chi connectivity index (χ1v) is 9.14. The second kappa shape index (κ2) is 7.28. The van der Waals surface area contributed by atoms with Gasteiger partial charge in [-0.05, 0) is 44.4 Å². The summed E-state index contributed by atoms with van der Waals surface area (Å²) in [5, 5.41) is 10.2. The van der Waals surface area contributed by atoms with Crippen molar-refractivity contribution in [2.24, 2.45) is 23.5 Å². The lowest BCUT2D eigenvalue weighted by Crippen LogP contribution is -2.53. The molecular weight excluding hydrogens is 258 g/mol. The van der Waals surface area contributed by atoms with E-state index in [4.69, 9.17) is 5.73 Å². The van der Waals surface area contributed by atoms with Gasteiger partial charge in [0.1, 0.15) is 0 Å². The van der Waals surface area contributed by atoms with Crippen LogP contribution in [0.3, 0.4) is 0 Å². The first-order chi connectivity index (χ1) is 9.99. The number of aliphatic hydroxyl groups is 1. The molecule has 2 rings (SSSR count). The van der Waals surface area contributed by atoms with E-state index in [0.717, 1.165) is 25.2 Å². The van der Waals surface area contributed by atoms with Crippen molar-refractivity contribution in [3.8, 4) is 0 Å². The van der Waals surface area contributed by atoms with Crippen LogP contribution in [0.2, 0.25) is 0 Å². The van der Waals surface area contributed by atoms with E-state index in [0.29, 0.717) is 11.8 Å². The van der Waals surface area contributed by atoms with Crippen molar-refractivity contribution in [2.45, 2.75) is 89.7 Å². The Bertz CT molecular complexity index is 345. The zero-order valence-corrected chi connectivity index (χ0v) is 14.1. The average Bonchev–Trinajstić information content (AvgIpc) is 3.07. The zero-order valence-electron chi connectivity index (χ0n) is 14.1. The summed E-state index contributed by atoms with van der Waals surface area (Å²) < 4.78 is 0. The van der Waals surface area contributed by atoms with Crippen LogP contribution >= 0.6 is 0 Å². The van der Waals surface area contributed by atoms with Crippen LogP contribution in [-0.2, 0) is 0 Å². The molecule has 2 heteroatoms. The molecule has 3 N–H and O–H groups in total. The smallest absolute Gasteiger partial charge is 0.0697 e. The van der Waals surface area contributed by atoms with E-state index in [2.05, 4.69) is 13.5 Å². The third kappa shape index (κ3) is 3.71. The summed E-state index contributed by atoms with van der Waals surface area (Å²) in [5.41, 5.74) is 7.50. The van der Waals surface area contributed by atoms with Crippen LogP contribution in [-0.4, -0.2) is 16.7 Å². The van der Waals surface area contributed by atoms with Crippen LogP contribution in [0.1, 0.15) is 78.1 Å². The van der Waals surface area contributed by atoms with Crippen LogP contribution in [0, 0.1) is 17.8 Å². The molecule has 0 aromatic heterocycles. The third-order valence-corrected chi connectivity index (χ3v) is 6.23. The van der Waals surface area contributed by atoms with E-state index in [-0.39, 0.29) is 0 Å². The van der Waals surface area contributed by atoms with Gasteiger partial charge in [-0.1, -0.05) is 57.6 Å². The minimum Gasteiger partial charge on any atom is -0.391 e. The molecule has 0 bridgehead atoms. The van der Waals surface area contributed by atoms with Gasteiger partial charge in [0.25, 0.3) is 0 Å². The monoisotopic (exact) mass is 293 g/mol. The Balaban J connectivity index is 2.06. The quantitative estimate of drug-likeness (QED) is 0.683. The predicted octanol–water partition coefficient (Wildman–Crippen LogP) is 4.42. The summed E-state index contributed by atoms with van der Waals surface area (Å²) in [4.78, 5) is 0. The predicted molar refractivity (Wildman–Crippen MR) is 90.1 cm³/mol. The van der Waals surface area contributed by atoms with Gasteiger partial charge in [0.15, 0.2) is 0 Å². The van der Waals surface area contributed by atoms with E-state index in [1.165, 1.54) is 50.5 Å². The summed E-state index contributed by atoms with van der Waals surface area (Å²) in [6, 6.07) is 0. The van der Waals surface area contributed by atoms with E-state index in [1.54, 1.807) is 0 Å². The maximum absolute atomic E-state index is 10.2. The largest absolute Gasteiger partial charge is 0.391 e. The number of hydrogen-bond donors (Lipinski definition) is 2. The van der Waals surface area contributed by atoms with Crippen molar-refractivity contribution in [3.05, 3.63) is 12.2 Å². The summed E-state index contributed by atoms with van der Waals surface area (Å²) in [6.45, 7) is 8.61. The first kappa shape index (κ1) is 17.0. The number of rotatable bonds is 7. The van der Waals surface area contributed by atoms with E-state index in [1.807, 2.05) is 6.92 Å². The molecule has 0 aromatic carbocycles. The summed E-state index contributed by atoms with van der Waals surface area (Å²) >= 11 is 0. The fourth-order valence-corrected chi connectivity index (χ4v) is 4.82. The van der Waals surface area contributed by atoms with Gasteiger partial charge in [0, 0.05) is 11.5 Å². The number of aliphatic hydroxyl groups excluding tert-OH is 1. The van der Waals surface area contributed by atoms with Gasteiger partial charge in [-0.15, -0.1) is 0 Å². The van der Waals surface area contributed by atoms with Crippen molar-refractivity contribution in [3.63, 3.8) is 0 Å². The molecule has 0 aromatic rings. The minimum absolute atomic E-state index is 0.315. The number of nitrogens with two attached hydrogens (primary N) is 1. The van der Waals surface area contributed by atoms with Crippen LogP contribution in [0.15, 0.2) is 12.2 Å². The lowest BCUT2D eigenvalue weighted by atomic mass is 9.72. The van der Waals surface area contributed by atoms with E-state index < -0.39 is 11.6 Å². The second-order valence-corrected chi connectivity index (χ2v) is 7.68. The summed E-state index contributed by atoms with van der Waals surface area (Å²) in [7, 11) is 0. The van der Waals surface area contributed by atoms with Crippen molar-refractivity contribution in [1.82, 2.24) is 0 Å². The van der Waals surface area contributed by atoms with Gasteiger partial charge >= 0.3 is 0 Å². The molecule has 0 radical (unpaired) electrons. The Hall–Kier alpha value is -0.340. The van der Waals surface area contributed by atoms with Gasteiger partial charge < -0.3 is 10.8 Å². The van der Waals surface area contributed by atoms with E-state index >= 15 is 0 Å². The number of hydrogen-bond acceptors (Lipinski definition) is 2. The highest BCUT2D eigenvalue weighted by molar-refractivity contribution is 5.18. The molecule has 0 heterocycles. The molecule has 4 atom stereocenters. The summed E-state index contributed by atoms with van der Waals surface area (Å²) in [5.74, 6) is 1.83. The van der Waals surface area contributed by atoms with Crippen LogP contribution in [0.4, 0.5) is 0 Å². The molecule has 2 nitrogen and oxygen atoms in total. The van der Waals surface area contributed by atoms with Gasteiger partial charge in [-0.25, -0.2) is 0 Å². The molecule has 0 saturated heterocycles. The van der Waals surface area contributed by atoms with Crippen molar-refractivity contribution >= 4 is 0 Å². The molecule has 3 unspecified atom stereocenters. The maximum Gasteiger partial charge on any atom is 0.0697 e. The van der Waals surface area contributed by atoms with Crippen LogP contribution < -0.4 is 5.73 Å². The molecule has 2 fully saturated rings. The Morgan fingerprint density at radius 2 is 1.95 bits per heavy atom. The van der Waals surface area contributed by atoms with Crippen molar-refractivity contribution in [2.75, 3.05) is 0 Å².